The number of hydrogen-bond donors (Lipinski definition) is 1. The first kappa shape index (κ1) is 15.7. The highest BCUT2D eigenvalue weighted by Crippen LogP contribution is 2.18. The number of nitrogen functional groups attached to an aromatic ring is 1. The van der Waals surface area contributed by atoms with Crippen LogP contribution in [-0.2, 0) is 0 Å². The number of benzene rings is 1. The zero-order chi connectivity index (χ0) is 16.2. The largest absolute Gasteiger partial charge is 0.368 e. The van der Waals surface area contributed by atoms with Crippen LogP contribution in [0, 0.1) is 0 Å². The van der Waals surface area contributed by atoms with Crippen molar-refractivity contribution >= 4 is 35.6 Å². The smallest absolute Gasteiger partial charge is 0.230 e. The molecule has 2 heterocycles. The SMILES string of the molecule is CN1CCN(c2nc(N)nc(/C=C/c3ccccc3Cl)n2)CC1. The molecule has 23 heavy (non-hydrogen) atoms. The fourth-order valence-corrected chi connectivity index (χ4v) is 2.59. The van der Waals surface area contributed by atoms with Crippen LogP contribution >= 0.6 is 11.6 Å². The molecule has 1 aliphatic rings. The predicted octanol–water partition coefficient (Wildman–Crippen LogP) is 2.03. The summed E-state index contributed by atoms with van der Waals surface area (Å²) >= 11 is 6.15. The molecule has 1 aromatic carbocycles. The average Bonchev–Trinajstić information content (AvgIpc) is 2.54. The molecule has 1 saturated heterocycles. The van der Waals surface area contributed by atoms with Crippen molar-refractivity contribution in [3.05, 3.63) is 40.7 Å². The van der Waals surface area contributed by atoms with E-state index in [0.717, 1.165) is 31.7 Å². The van der Waals surface area contributed by atoms with Crippen LogP contribution in [0.4, 0.5) is 11.9 Å². The van der Waals surface area contributed by atoms with Gasteiger partial charge < -0.3 is 15.5 Å². The third-order valence-corrected chi connectivity index (χ3v) is 4.11. The molecule has 0 saturated carbocycles. The van der Waals surface area contributed by atoms with Crippen molar-refractivity contribution in [2.24, 2.45) is 0 Å². The molecule has 0 aliphatic carbocycles. The fraction of sp³-hybridized carbons (Fsp3) is 0.312. The average molecular weight is 331 g/mol. The maximum atomic E-state index is 6.15. The third kappa shape index (κ3) is 3.97. The van der Waals surface area contributed by atoms with E-state index in [1.807, 2.05) is 30.3 Å². The molecule has 7 heteroatoms. The summed E-state index contributed by atoms with van der Waals surface area (Å²) in [6.07, 6.45) is 3.68. The summed E-state index contributed by atoms with van der Waals surface area (Å²) in [6.45, 7) is 3.73. The van der Waals surface area contributed by atoms with E-state index >= 15 is 0 Å². The Kier molecular flexibility index (Phi) is 4.73. The van der Waals surface area contributed by atoms with Gasteiger partial charge in [0.1, 0.15) is 0 Å². The van der Waals surface area contributed by atoms with Crippen LogP contribution in [0.1, 0.15) is 11.4 Å². The van der Waals surface area contributed by atoms with Gasteiger partial charge in [-0.3, -0.25) is 0 Å². The summed E-state index contributed by atoms with van der Waals surface area (Å²) in [6, 6.07) is 7.61. The molecule has 0 atom stereocenters. The van der Waals surface area contributed by atoms with Crippen molar-refractivity contribution in [1.29, 1.82) is 0 Å². The van der Waals surface area contributed by atoms with Crippen molar-refractivity contribution in [3.63, 3.8) is 0 Å². The summed E-state index contributed by atoms with van der Waals surface area (Å²) in [5.41, 5.74) is 6.74. The van der Waals surface area contributed by atoms with E-state index in [1.165, 1.54) is 0 Å². The van der Waals surface area contributed by atoms with Crippen LogP contribution in [0.3, 0.4) is 0 Å². The highest BCUT2D eigenvalue weighted by atomic mass is 35.5. The van der Waals surface area contributed by atoms with E-state index in [0.29, 0.717) is 16.8 Å². The van der Waals surface area contributed by atoms with Gasteiger partial charge >= 0.3 is 0 Å². The normalized spacial score (nSPS) is 16.2. The van der Waals surface area contributed by atoms with E-state index in [4.69, 9.17) is 17.3 Å². The number of piperazine rings is 1. The first-order valence-corrected chi connectivity index (χ1v) is 7.87. The van der Waals surface area contributed by atoms with Crippen molar-refractivity contribution < 1.29 is 0 Å². The van der Waals surface area contributed by atoms with Gasteiger partial charge in [0.2, 0.25) is 11.9 Å². The number of rotatable bonds is 3. The quantitative estimate of drug-likeness (QED) is 0.928. The van der Waals surface area contributed by atoms with Crippen molar-refractivity contribution in [2.75, 3.05) is 43.9 Å². The second kappa shape index (κ2) is 6.93. The monoisotopic (exact) mass is 330 g/mol. The van der Waals surface area contributed by atoms with E-state index in [2.05, 4.69) is 31.8 Å². The van der Waals surface area contributed by atoms with Crippen LogP contribution in [0.5, 0.6) is 0 Å². The Labute approximate surface area is 140 Å². The van der Waals surface area contributed by atoms with Crippen molar-refractivity contribution in [3.8, 4) is 0 Å². The summed E-state index contributed by atoms with van der Waals surface area (Å²) < 4.78 is 0. The predicted molar refractivity (Wildman–Crippen MR) is 94.3 cm³/mol. The van der Waals surface area contributed by atoms with E-state index in [-0.39, 0.29) is 5.95 Å². The minimum atomic E-state index is 0.229. The molecule has 1 aromatic heterocycles. The Morgan fingerprint density at radius 3 is 2.52 bits per heavy atom. The molecule has 2 aromatic rings. The Morgan fingerprint density at radius 2 is 1.78 bits per heavy atom. The number of likely N-dealkylation sites (N-methyl/N-ethyl adjacent to an activating group) is 1. The first-order valence-electron chi connectivity index (χ1n) is 7.49. The zero-order valence-electron chi connectivity index (χ0n) is 13.0. The topological polar surface area (TPSA) is 71.2 Å². The standard InChI is InChI=1S/C16H19ClN6/c1-22-8-10-23(11-9-22)16-20-14(19-15(18)21-16)7-6-12-4-2-3-5-13(12)17/h2-7H,8-11H2,1H3,(H2,18,19,20,21)/b7-6+. The van der Waals surface area contributed by atoms with Crippen LogP contribution in [0.2, 0.25) is 5.02 Å². The number of halogens is 1. The molecular formula is C16H19ClN6. The molecule has 120 valence electrons. The summed E-state index contributed by atoms with van der Waals surface area (Å²) in [4.78, 5) is 17.3. The second-order valence-corrected chi connectivity index (χ2v) is 5.90. The van der Waals surface area contributed by atoms with Gasteiger partial charge in [-0.15, -0.1) is 0 Å². The third-order valence-electron chi connectivity index (χ3n) is 3.76. The Balaban J connectivity index is 1.82. The summed E-state index contributed by atoms with van der Waals surface area (Å²) in [5.74, 6) is 1.39. The lowest BCUT2D eigenvalue weighted by molar-refractivity contribution is 0.311. The van der Waals surface area contributed by atoms with Crippen LogP contribution in [0.15, 0.2) is 24.3 Å². The zero-order valence-corrected chi connectivity index (χ0v) is 13.7. The highest BCUT2D eigenvalue weighted by molar-refractivity contribution is 6.32. The number of aromatic nitrogens is 3. The first-order chi connectivity index (χ1) is 11.1. The molecular weight excluding hydrogens is 312 g/mol. The van der Waals surface area contributed by atoms with Crippen LogP contribution in [0.25, 0.3) is 12.2 Å². The molecule has 2 N–H and O–H groups in total. The Bertz CT molecular complexity index is 709. The Morgan fingerprint density at radius 1 is 1.04 bits per heavy atom. The molecule has 1 fully saturated rings. The lowest BCUT2D eigenvalue weighted by Gasteiger charge is -2.32. The number of anilines is 2. The summed E-state index contributed by atoms with van der Waals surface area (Å²) in [7, 11) is 2.11. The maximum Gasteiger partial charge on any atom is 0.230 e. The van der Waals surface area contributed by atoms with Crippen LogP contribution in [-0.4, -0.2) is 53.1 Å². The number of nitrogens with two attached hydrogens (primary N) is 1. The van der Waals surface area contributed by atoms with E-state index in [9.17, 15) is 0 Å². The van der Waals surface area contributed by atoms with Crippen LogP contribution < -0.4 is 10.6 Å². The Hall–Kier alpha value is -2.18. The number of nitrogens with zero attached hydrogens (tertiary/aromatic N) is 5. The summed E-state index contributed by atoms with van der Waals surface area (Å²) in [5, 5.41) is 0.685. The van der Waals surface area contributed by atoms with Gasteiger partial charge in [-0.1, -0.05) is 29.8 Å². The van der Waals surface area contributed by atoms with Gasteiger partial charge in [0.25, 0.3) is 0 Å². The molecule has 0 bridgehead atoms. The lowest BCUT2D eigenvalue weighted by atomic mass is 10.2. The van der Waals surface area contributed by atoms with Crippen molar-refractivity contribution in [2.45, 2.75) is 0 Å². The molecule has 6 nitrogen and oxygen atoms in total. The fourth-order valence-electron chi connectivity index (χ4n) is 2.39. The van der Waals surface area contributed by atoms with Crippen molar-refractivity contribution in [1.82, 2.24) is 19.9 Å². The van der Waals surface area contributed by atoms with Gasteiger partial charge in [-0.25, -0.2) is 0 Å². The molecule has 1 aliphatic heterocycles. The van der Waals surface area contributed by atoms with Gasteiger partial charge in [0.15, 0.2) is 5.82 Å². The minimum absolute atomic E-state index is 0.229. The van der Waals surface area contributed by atoms with Gasteiger partial charge in [-0.2, -0.15) is 15.0 Å². The van der Waals surface area contributed by atoms with Gasteiger partial charge in [0.05, 0.1) is 0 Å². The molecule has 0 spiro atoms. The molecule has 0 unspecified atom stereocenters. The maximum absolute atomic E-state index is 6.15. The lowest BCUT2D eigenvalue weighted by Crippen LogP contribution is -2.45. The molecule has 3 rings (SSSR count). The number of hydrogen-bond acceptors (Lipinski definition) is 6. The molecule has 0 radical (unpaired) electrons. The second-order valence-electron chi connectivity index (χ2n) is 5.50. The van der Waals surface area contributed by atoms with Gasteiger partial charge in [0, 0.05) is 31.2 Å². The van der Waals surface area contributed by atoms with Gasteiger partial charge in [-0.05, 0) is 30.8 Å². The minimum Gasteiger partial charge on any atom is -0.368 e. The highest BCUT2D eigenvalue weighted by Gasteiger charge is 2.17. The molecule has 0 amide bonds. The van der Waals surface area contributed by atoms with E-state index < -0.39 is 0 Å². The van der Waals surface area contributed by atoms with E-state index in [1.54, 1.807) is 6.08 Å².